The largest absolute Gasteiger partial charge is 0.506 e. The molecule has 0 radical (unpaired) electrons. The number of halogens is 1. The number of nitro groups is 1. The highest BCUT2D eigenvalue weighted by Gasteiger charge is 2.36. The Kier molecular flexibility index (Phi) is 5.86. The number of hydrogen-bond acceptors (Lipinski definition) is 6. The lowest BCUT2D eigenvalue weighted by Crippen LogP contribution is -2.34. The number of nitrogens with zero attached hydrogens (tertiary/aromatic N) is 2. The number of nitro benzene ring substituents is 1. The van der Waals surface area contributed by atoms with E-state index < -0.39 is 10.8 Å². The third kappa shape index (κ3) is 4.03. The Morgan fingerprint density at radius 3 is 2.65 bits per heavy atom. The number of non-ortho nitro benzene ring substituents is 1. The van der Waals surface area contributed by atoms with E-state index in [4.69, 9.17) is 0 Å². The lowest BCUT2D eigenvalue weighted by Gasteiger charge is -2.25. The molecule has 7 nitrogen and oxygen atoms in total. The Morgan fingerprint density at radius 1 is 1.31 bits per heavy atom. The van der Waals surface area contributed by atoms with E-state index in [2.05, 4.69) is 0 Å². The summed E-state index contributed by atoms with van der Waals surface area (Å²) >= 11 is 2.60. The second-order valence-electron chi connectivity index (χ2n) is 6.42. The second-order valence-corrected chi connectivity index (χ2v) is 8.57. The molecule has 1 aromatic carbocycles. The van der Waals surface area contributed by atoms with Crippen LogP contribution >= 0.6 is 34.4 Å². The summed E-state index contributed by atoms with van der Waals surface area (Å²) in [4.78, 5) is 36.7. The number of benzene rings is 1. The molecule has 1 aliphatic carbocycles. The van der Waals surface area contributed by atoms with Crippen molar-refractivity contribution < 1.29 is 19.6 Å². The monoisotopic (exact) mass is 488 g/mol. The summed E-state index contributed by atoms with van der Waals surface area (Å²) in [7, 11) is 0. The lowest BCUT2D eigenvalue weighted by molar-refractivity contribution is -0.385. The molecular formula is C17H17IN2O5S. The van der Waals surface area contributed by atoms with E-state index in [9.17, 15) is 24.8 Å². The van der Waals surface area contributed by atoms with Crippen LogP contribution in [0.4, 0.5) is 10.5 Å². The maximum absolute atomic E-state index is 12.6. The fourth-order valence-electron chi connectivity index (χ4n) is 3.25. The predicted octanol–water partition coefficient (Wildman–Crippen LogP) is 4.52. The average Bonchev–Trinajstić information content (AvgIpc) is 2.87. The number of imide groups is 1. The predicted molar refractivity (Wildman–Crippen MR) is 107 cm³/mol. The molecule has 0 bridgehead atoms. The van der Waals surface area contributed by atoms with Gasteiger partial charge in [-0.1, -0.05) is 19.3 Å². The van der Waals surface area contributed by atoms with Gasteiger partial charge in [0.05, 0.1) is 13.4 Å². The third-order valence-corrected chi connectivity index (χ3v) is 6.34. The SMILES string of the molecule is O=C1S/C(=C/c2cc([N+](=O)[O-])cc(I)c2O)C(=O)N1CC1CCCCC1. The van der Waals surface area contributed by atoms with Crippen molar-refractivity contribution in [1.82, 2.24) is 4.90 Å². The minimum absolute atomic E-state index is 0.143. The van der Waals surface area contributed by atoms with Gasteiger partial charge in [0.2, 0.25) is 0 Å². The van der Waals surface area contributed by atoms with Gasteiger partial charge in [-0.25, -0.2) is 0 Å². The molecule has 138 valence electrons. The number of amides is 2. The standard InChI is InChI=1S/C17H17IN2O5S/c18-13-8-12(20(24)25)6-11(15(13)21)7-14-16(22)19(17(23)26-14)9-10-4-2-1-3-5-10/h6-8,10,21H,1-5,9H2/b14-7+. The molecule has 0 atom stereocenters. The van der Waals surface area contributed by atoms with Crippen molar-refractivity contribution in [2.75, 3.05) is 6.54 Å². The summed E-state index contributed by atoms with van der Waals surface area (Å²) in [5, 5.41) is 20.8. The number of aromatic hydroxyl groups is 1. The molecule has 0 unspecified atom stereocenters. The van der Waals surface area contributed by atoms with Crippen LogP contribution in [0.25, 0.3) is 6.08 Å². The minimum atomic E-state index is -0.562. The Morgan fingerprint density at radius 2 is 2.00 bits per heavy atom. The van der Waals surface area contributed by atoms with E-state index in [1.54, 1.807) is 22.6 Å². The molecule has 1 aliphatic heterocycles. The van der Waals surface area contributed by atoms with Crippen molar-refractivity contribution in [3.05, 3.63) is 36.3 Å². The molecular weight excluding hydrogens is 471 g/mol. The van der Waals surface area contributed by atoms with Crippen molar-refractivity contribution in [3.63, 3.8) is 0 Å². The first-order valence-electron chi connectivity index (χ1n) is 8.29. The maximum atomic E-state index is 12.6. The molecule has 1 heterocycles. The van der Waals surface area contributed by atoms with Crippen molar-refractivity contribution in [2.45, 2.75) is 32.1 Å². The van der Waals surface area contributed by atoms with E-state index in [-0.39, 0.29) is 27.1 Å². The van der Waals surface area contributed by atoms with Gasteiger partial charge >= 0.3 is 0 Å². The van der Waals surface area contributed by atoms with Gasteiger partial charge in [0, 0.05) is 24.2 Å². The average molecular weight is 488 g/mol. The highest BCUT2D eigenvalue weighted by molar-refractivity contribution is 14.1. The quantitative estimate of drug-likeness (QED) is 0.290. The van der Waals surface area contributed by atoms with Crippen molar-refractivity contribution >= 4 is 57.3 Å². The van der Waals surface area contributed by atoms with Gasteiger partial charge in [-0.3, -0.25) is 24.6 Å². The maximum Gasteiger partial charge on any atom is 0.293 e. The third-order valence-electron chi connectivity index (χ3n) is 4.61. The second kappa shape index (κ2) is 7.95. The van der Waals surface area contributed by atoms with Gasteiger partial charge < -0.3 is 5.11 Å². The molecule has 1 aromatic rings. The molecule has 1 saturated heterocycles. The Labute approximate surface area is 168 Å². The number of thioether (sulfide) groups is 1. The summed E-state index contributed by atoms with van der Waals surface area (Å²) < 4.78 is 0.310. The molecule has 2 amide bonds. The zero-order chi connectivity index (χ0) is 18.8. The summed E-state index contributed by atoms with van der Waals surface area (Å²) in [6, 6.07) is 2.45. The first-order chi connectivity index (χ1) is 12.4. The van der Waals surface area contributed by atoms with Gasteiger partial charge in [-0.15, -0.1) is 0 Å². The van der Waals surface area contributed by atoms with E-state index in [0.29, 0.717) is 16.0 Å². The first kappa shape index (κ1) is 19.2. The van der Waals surface area contributed by atoms with Gasteiger partial charge in [-0.05, 0) is 59.2 Å². The van der Waals surface area contributed by atoms with E-state index in [0.717, 1.165) is 37.4 Å². The molecule has 1 N–H and O–H groups in total. The fraction of sp³-hybridized carbons (Fsp3) is 0.412. The minimum Gasteiger partial charge on any atom is -0.506 e. The van der Waals surface area contributed by atoms with Crippen molar-refractivity contribution in [1.29, 1.82) is 0 Å². The van der Waals surface area contributed by atoms with Crippen LogP contribution in [0.5, 0.6) is 5.75 Å². The van der Waals surface area contributed by atoms with Gasteiger partial charge in [0.15, 0.2) is 0 Å². The number of phenols is 1. The Balaban J connectivity index is 1.84. The molecule has 26 heavy (non-hydrogen) atoms. The zero-order valence-corrected chi connectivity index (χ0v) is 16.8. The van der Waals surface area contributed by atoms with Crippen LogP contribution in [0.3, 0.4) is 0 Å². The van der Waals surface area contributed by atoms with Gasteiger partial charge in [0.1, 0.15) is 5.75 Å². The first-order valence-corrected chi connectivity index (χ1v) is 10.2. The Bertz CT molecular complexity index is 805. The van der Waals surface area contributed by atoms with Crippen LogP contribution in [0.1, 0.15) is 37.7 Å². The van der Waals surface area contributed by atoms with E-state index >= 15 is 0 Å². The van der Waals surface area contributed by atoms with Crippen LogP contribution < -0.4 is 0 Å². The highest BCUT2D eigenvalue weighted by Crippen LogP contribution is 2.37. The lowest BCUT2D eigenvalue weighted by atomic mass is 9.89. The number of carbonyl (C=O) groups is 2. The molecule has 2 fully saturated rings. The highest BCUT2D eigenvalue weighted by atomic mass is 127. The topological polar surface area (TPSA) is 101 Å². The molecule has 9 heteroatoms. The van der Waals surface area contributed by atoms with Crippen LogP contribution in [0.15, 0.2) is 17.0 Å². The zero-order valence-electron chi connectivity index (χ0n) is 13.8. The van der Waals surface area contributed by atoms with E-state index in [1.165, 1.54) is 29.5 Å². The summed E-state index contributed by atoms with van der Waals surface area (Å²) in [6.45, 7) is 0.417. The van der Waals surface area contributed by atoms with Crippen molar-refractivity contribution in [2.24, 2.45) is 5.92 Å². The molecule has 2 aliphatic rings. The fourth-order valence-corrected chi connectivity index (χ4v) is 4.72. The summed E-state index contributed by atoms with van der Waals surface area (Å²) in [5.74, 6) is -0.203. The number of rotatable bonds is 4. The van der Waals surface area contributed by atoms with Crippen LogP contribution in [0.2, 0.25) is 0 Å². The smallest absolute Gasteiger partial charge is 0.293 e. The normalized spacial score (nSPS) is 20.2. The molecule has 1 saturated carbocycles. The van der Waals surface area contributed by atoms with Crippen LogP contribution in [-0.2, 0) is 4.79 Å². The number of hydrogen-bond donors (Lipinski definition) is 1. The Hall–Kier alpha value is -1.62. The van der Waals surface area contributed by atoms with Crippen molar-refractivity contribution in [3.8, 4) is 5.75 Å². The summed E-state index contributed by atoms with van der Waals surface area (Å²) in [6.07, 6.45) is 6.84. The molecule has 3 rings (SSSR count). The van der Waals surface area contributed by atoms with E-state index in [1.807, 2.05) is 0 Å². The molecule has 0 spiro atoms. The summed E-state index contributed by atoms with van der Waals surface area (Å²) in [5.41, 5.74) is -0.0216. The molecule has 0 aromatic heterocycles. The van der Waals surface area contributed by atoms with Crippen LogP contribution in [-0.4, -0.2) is 32.6 Å². The van der Waals surface area contributed by atoms with Crippen LogP contribution in [0, 0.1) is 19.6 Å². The number of phenolic OH excluding ortho intramolecular Hbond substituents is 1. The van der Waals surface area contributed by atoms with Gasteiger partial charge in [0.25, 0.3) is 16.8 Å². The number of carbonyl (C=O) groups excluding carboxylic acids is 2. The van der Waals surface area contributed by atoms with Gasteiger partial charge in [-0.2, -0.15) is 0 Å².